The second-order valence-corrected chi connectivity index (χ2v) is 5.57. The molecule has 4 nitrogen and oxygen atoms in total. The molecule has 0 saturated carbocycles. The van der Waals surface area contributed by atoms with Gasteiger partial charge in [0.25, 0.3) is 0 Å². The lowest BCUT2D eigenvalue weighted by Crippen LogP contribution is -2.42. The summed E-state index contributed by atoms with van der Waals surface area (Å²) in [7, 11) is 0. The molecule has 0 aliphatic rings. The van der Waals surface area contributed by atoms with Crippen LogP contribution in [0.4, 0.5) is 0 Å². The fourth-order valence-corrected chi connectivity index (χ4v) is 2.30. The maximum absolute atomic E-state index is 12.0. The first-order chi connectivity index (χ1) is 10.7. The van der Waals surface area contributed by atoms with Crippen molar-refractivity contribution in [1.29, 1.82) is 0 Å². The van der Waals surface area contributed by atoms with Crippen molar-refractivity contribution in [2.45, 2.75) is 38.8 Å². The molecule has 118 valence electrons. The predicted octanol–water partition coefficient (Wildman–Crippen LogP) is 3.07. The zero-order valence-corrected chi connectivity index (χ0v) is 13.2. The second-order valence-electron chi connectivity index (χ2n) is 5.57. The third kappa shape index (κ3) is 5.04. The van der Waals surface area contributed by atoms with E-state index in [0.717, 1.165) is 18.7 Å². The monoisotopic (exact) mass is 300 g/mol. The number of benzene rings is 1. The first-order valence-electron chi connectivity index (χ1n) is 7.75. The molecule has 0 aliphatic carbocycles. The van der Waals surface area contributed by atoms with Crippen LogP contribution in [0.5, 0.6) is 0 Å². The SMILES string of the molecule is CC(NCCC(C)c1ccccc1)C(=O)NCc1ccco1. The van der Waals surface area contributed by atoms with Gasteiger partial charge < -0.3 is 15.1 Å². The zero-order valence-electron chi connectivity index (χ0n) is 13.2. The number of nitrogens with one attached hydrogen (secondary N) is 2. The van der Waals surface area contributed by atoms with Gasteiger partial charge in [0.2, 0.25) is 5.91 Å². The van der Waals surface area contributed by atoms with Gasteiger partial charge in [0.1, 0.15) is 5.76 Å². The molecule has 1 aromatic heterocycles. The van der Waals surface area contributed by atoms with Crippen LogP contribution in [0.3, 0.4) is 0 Å². The van der Waals surface area contributed by atoms with Crippen LogP contribution in [0.15, 0.2) is 53.1 Å². The highest BCUT2D eigenvalue weighted by Crippen LogP contribution is 2.17. The van der Waals surface area contributed by atoms with E-state index in [9.17, 15) is 4.79 Å². The molecule has 2 N–H and O–H groups in total. The average Bonchev–Trinajstić information content (AvgIpc) is 3.06. The molecule has 2 rings (SSSR count). The largest absolute Gasteiger partial charge is 0.467 e. The number of rotatable bonds is 8. The molecule has 1 aromatic carbocycles. The summed E-state index contributed by atoms with van der Waals surface area (Å²) in [6.07, 6.45) is 2.61. The molecular weight excluding hydrogens is 276 g/mol. The van der Waals surface area contributed by atoms with E-state index in [-0.39, 0.29) is 11.9 Å². The molecule has 1 heterocycles. The van der Waals surface area contributed by atoms with Crippen LogP contribution in [0.25, 0.3) is 0 Å². The van der Waals surface area contributed by atoms with Crippen molar-refractivity contribution < 1.29 is 9.21 Å². The molecule has 2 atom stereocenters. The summed E-state index contributed by atoms with van der Waals surface area (Å²) in [4.78, 5) is 12.0. The molecule has 0 aliphatic heterocycles. The maximum Gasteiger partial charge on any atom is 0.237 e. The fourth-order valence-electron chi connectivity index (χ4n) is 2.30. The lowest BCUT2D eigenvalue weighted by molar-refractivity contribution is -0.123. The molecule has 0 fully saturated rings. The smallest absolute Gasteiger partial charge is 0.237 e. The summed E-state index contributed by atoms with van der Waals surface area (Å²) in [5.74, 6) is 1.23. The first kappa shape index (κ1) is 16.3. The van der Waals surface area contributed by atoms with Gasteiger partial charge in [-0.3, -0.25) is 4.79 Å². The van der Waals surface area contributed by atoms with Gasteiger partial charge in [-0.1, -0.05) is 37.3 Å². The average molecular weight is 300 g/mol. The van der Waals surface area contributed by atoms with E-state index in [2.05, 4.69) is 41.8 Å². The van der Waals surface area contributed by atoms with Crippen molar-refractivity contribution in [3.63, 3.8) is 0 Å². The Kier molecular flexibility index (Phi) is 6.22. The van der Waals surface area contributed by atoms with Gasteiger partial charge in [0.15, 0.2) is 0 Å². The summed E-state index contributed by atoms with van der Waals surface area (Å²) in [6.45, 7) is 5.33. The van der Waals surface area contributed by atoms with Gasteiger partial charge in [0, 0.05) is 0 Å². The van der Waals surface area contributed by atoms with Gasteiger partial charge in [-0.25, -0.2) is 0 Å². The van der Waals surface area contributed by atoms with Crippen LogP contribution < -0.4 is 10.6 Å². The minimum absolute atomic E-state index is 0.0104. The summed E-state index contributed by atoms with van der Waals surface area (Å²) in [6, 6.07) is 13.9. The zero-order chi connectivity index (χ0) is 15.8. The normalized spacial score (nSPS) is 13.5. The minimum atomic E-state index is -0.210. The predicted molar refractivity (Wildman–Crippen MR) is 87.5 cm³/mol. The van der Waals surface area contributed by atoms with Crippen LogP contribution in [0.1, 0.15) is 37.5 Å². The maximum atomic E-state index is 12.0. The quantitative estimate of drug-likeness (QED) is 0.788. The fraction of sp³-hybridized carbons (Fsp3) is 0.389. The number of carbonyl (C=O) groups excluding carboxylic acids is 1. The summed E-state index contributed by atoms with van der Waals surface area (Å²) in [5, 5.41) is 6.13. The van der Waals surface area contributed by atoms with E-state index in [1.54, 1.807) is 6.26 Å². The Morgan fingerprint density at radius 3 is 2.59 bits per heavy atom. The van der Waals surface area contributed by atoms with Gasteiger partial charge in [-0.2, -0.15) is 0 Å². The van der Waals surface area contributed by atoms with Gasteiger partial charge in [0.05, 0.1) is 18.8 Å². The molecule has 22 heavy (non-hydrogen) atoms. The minimum Gasteiger partial charge on any atom is -0.467 e. The molecular formula is C18H24N2O2. The van der Waals surface area contributed by atoms with E-state index in [4.69, 9.17) is 4.42 Å². The Balaban J connectivity index is 1.66. The van der Waals surface area contributed by atoms with Crippen molar-refractivity contribution in [3.8, 4) is 0 Å². The number of furan rings is 1. The van der Waals surface area contributed by atoms with Gasteiger partial charge in [-0.05, 0) is 43.5 Å². The second kappa shape index (κ2) is 8.39. The molecule has 0 saturated heterocycles. The van der Waals surface area contributed by atoms with Crippen LogP contribution in [0, 0.1) is 0 Å². The van der Waals surface area contributed by atoms with Crippen molar-refractivity contribution in [2.75, 3.05) is 6.54 Å². The topological polar surface area (TPSA) is 54.3 Å². The van der Waals surface area contributed by atoms with Crippen LogP contribution >= 0.6 is 0 Å². The van der Waals surface area contributed by atoms with Crippen molar-refractivity contribution in [1.82, 2.24) is 10.6 Å². The molecule has 1 amide bonds. The first-order valence-corrected chi connectivity index (χ1v) is 7.75. The molecule has 2 unspecified atom stereocenters. The van der Waals surface area contributed by atoms with Crippen molar-refractivity contribution >= 4 is 5.91 Å². The number of hydrogen-bond acceptors (Lipinski definition) is 3. The number of amides is 1. The third-order valence-electron chi connectivity index (χ3n) is 3.81. The van der Waals surface area contributed by atoms with Crippen molar-refractivity contribution in [3.05, 3.63) is 60.1 Å². The van der Waals surface area contributed by atoms with Crippen LogP contribution in [0.2, 0.25) is 0 Å². The Labute approximate surface area is 131 Å². The summed E-state index contributed by atoms with van der Waals surface area (Å²) < 4.78 is 5.19. The van der Waals surface area contributed by atoms with Crippen LogP contribution in [-0.4, -0.2) is 18.5 Å². The third-order valence-corrected chi connectivity index (χ3v) is 3.81. The molecule has 0 spiro atoms. The molecule has 0 radical (unpaired) electrons. The Morgan fingerprint density at radius 2 is 1.91 bits per heavy atom. The van der Waals surface area contributed by atoms with E-state index in [1.165, 1.54) is 5.56 Å². The van der Waals surface area contributed by atoms with Gasteiger partial charge in [-0.15, -0.1) is 0 Å². The molecule has 2 aromatic rings. The number of hydrogen-bond donors (Lipinski definition) is 2. The van der Waals surface area contributed by atoms with E-state index in [0.29, 0.717) is 12.5 Å². The van der Waals surface area contributed by atoms with Crippen LogP contribution in [-0.2, 0) is 11.3 Å². The highest BCUT2D eigenvalue weighted by molar-refractivity contribution is 5.81. The molecule has 4 heteroatoms. The Bertz CT molecular complexity index is 552. The van der Waals surface area contributed by atoms with E-state index in [1.807, 2.05) is 25.1 Å². The Hall–Kier alpha value is -2.07. The van der Waals surface area contributed by atoms with E-state index >= 15 is 0 Å². The van der Waals surface area contributed by atoms with Gasteiger partial charge >= 0.3 is 0 Å². The highest BCUT2D eigenvalue weighted by atomic mass is 16.3. The van der Waals surface area contributed by atoms with E-state index < -0.39 is 0 Å². The highest BCUT2D eigenvalue weighted by Gasteiger charge is 2.13. The number of carbonyl (C=O) groups is 1. The lowest BCUT2D eigenvalue weighted by Gasteiger charge is -2.16. The molecule has 0 bridgehead atoms. The summed E-state index contributed by atoms with van der Waals surface area (Å²) in [5.41, 5.74) is 1.33. The summed E-state index contributed by atoms with van der Waals surface area (Å²) >= 11 is 0. The lowest BCUT2D eigenvalue weighted by atomic mass is 9.98. The standard InChI is InChI=1S/C18H24N2O2/c1-14(16-7-4-3-5-8-16)10-11-19-15(2)18(21)20-13-17-9-6-12-22-17/h3-9,12,14-15,19H,10-11,13H2,1-2H3,(H,20,21). The Morgan fingerprint density at radius 1 is 1.14 bits per heavy atom. The van der Waals surface area contributed by atoms with Crippen molar-refractivity contribution in [2.24, 2.45) is 0 Å².